The van der Waals surface area contributed by atoms with E-state index in [-0.39, 0.29) is 11.7 Å². The fourth-order valence-electron chi connectivity index (χ4n) is 3.68. The topological polar surface area (TPSA) is 76.8 Å². The summed E-state index contributed by atoms with van der Waals surface area (Å²) in [4.78, 5) is 19.5. The van der Waals surface area contributed by atoms with Gasteiger partial charge in [0, 0.05) is 26.2 Å². The van der Waals surface area contributed by atoms with Crippen LogP contribution >= 0.6 is 11.3 Å². The smallest absolute Gasteiger partial charge is 0.287 e. The fourth-order valence-corrected chi connectivity index (χ4v) is 4.61. The third-order valence-electron chi connectivity index (χ3n) is 5.47. The molecule has 0 unspecified atom stereocenters. The first kappa shape index (κ1) is 21.6. The average molecular weight is 464 g/mol. The Hall–Kier alpha value is -3.20. The lowest BCUT2D eigenvalue weighted by molar-refractivity contribution is 0.0322. The van der Waals surface area contributed by atoms with Crippen LogP contribution in [0.25, 0.3) is 21.0 Å². The number of thiazole rings is 1. The Morgan fingerprint density at radius 3 is 2.85 bits per heavy atom. The van der Waals surface area contributed by atoms with Gasteiger partial charge in [-0.05, 0) is 42.0 Å². The van der Waals surface area contributed by atoms with Crippen LogP contribution in [0.3, 0.4) is 0 Å². The minimum atomic E-state index is -0.263. The molecule has 5 rings (SSSR count). The zero-order valence-corrected chi connectivity index (χ0v) is 19.0. The van der Waals surface area contributed by atoms with Crippen LogP contribution in [0.5, 0.6) is 5.75 Å². The number of furan rings is 1. The molecule has 4 aromatic rings. The highest BCUT2D eigenvalue weighted by Crippen LogP contribution is 2.31. The van der Waals surface area contributed by atoms with Crippen LogP contribution in [0.4, 0.5) is 0 Å². The lowest BCUT2D eigenvalue weighted by Gasteiger charge is -2.26. The third kappa shape index (κ3) is 5.42. The van der Waals surface area contributed by atoms with E-state index < -0.39 is 0 Å². The molecule has 0 aliphatic carbocycles. The second kappa shape index (κ2) is 10.2. The van der Waals surface area contributed by atoms with Crippen molar-refractivity contribution in [3.63, 3.8) is 0 Å². The van der Waals surface area contributed by atoms with Crippen LogP contribution in [0.1, 0.15) is 16.1 Å². The summed E-state index contributed by atoms with van der Waals surface area (Å²) < 4.78 is 18.1. The number of carbonyl (C=O) groups excluding carboxylic acids is 1. The van der Waals surface area contributed by atoms with Gasteiger partial charge in [0.2, 0.25) is 0 Å². The second-order valence-electron chi connectivity index (χ2n) is 7.78. The molecule has 3 heterocycles. The number of benzene rings is 2. The molecular weight excluding hydrogens is 438 g/mol. The van der Waals surface area contributed by atoms with Gasteiger partial charge in [-0.15, -0.1) is 11.3 Å². The van der Waals surface area contributed by atoms with Gasteiger partial charge in [-0.2, -0.15) is 0 Å². The maximum absolute atomic E-state index is 12.6. The zero-order valence-electron chi connectivity index (χ0n) is 18.2. The Kier molecular flexibility index (Phi) is 6.66. The number of aromatic nitrogens is 1. The molecule has 1 saturated heterocycles. The van der Waals surface area contributed by atoms with E-state index in [1.54, 1.807) is 23.5 Å². The number of hydrogen-bond acceptors (Lipinski definition) is 7. The van der Waals surface area contributed by atoms with Gasteiger partial charge in [-0.25, -0.2) is 4.98 Å². The number of rotatable bonds is 8. The number of carbonyl (C=O) groups is 1. The van der Waals surface area contributed by atoms with E-state index in [1.165, 1.54) is 0 Å². The number of hydrogen-bond donors (Lipinski definition) is 1. The molecule has 7 nitrogen and oxygen atoms in total. The zero-order chi connectivity index (χ0) is 22.5. The Bertz CT molecular complexity index is 1200. The minimum absolute atomic E-state index is 0.263. The molecule has 2 aromatic heterocycles. The third-order valence-corrected chi connectivity index (χ3v) is 6.52. The van der Waals surface area contributed by atoms with Crippen LogP contribution in [-0.2, 0) is 11.3 Å². The molecule has 8 heteroatoms. The molecule has 1 amide bonds. The summed E-state index contributed by atoms with van der Waals surface area (Å²) in [6.45, 7) is 5.35. The molecule has 2 aromatic carbocycles. The molecule has 1 aliphatic heterocycles. The molecule has 0 spiro atoms. The van der Waals surface area contributed by atoms with Gasteiger partial charge >= 0.3 is 0 Å². The van der Waals surface area contributed by atoms with Crippen molar-refractivity contribution in [2.45, 2.75) is 6.54 Å². The van der Waals surface area contributed by atoms with E-state index in [0.29, 0.717) is 18.9 Å². The van der Waals surface area contributed by atoms with Crippen LogP contribution in [-0.4, -0.2) is 55.2 Å². The highest BCUT2D eigenvalue weighted by molar-refractivity contribution is 7.21. The molecule has 1 fully saturated rings. The minimum Gasteiger partial charge on any atom is -0.492 e. The van der Waals surface area contributed by atoms with Crippen molar-refractivity contribution >= 4 is 27.5 Å². The maximum Gasteiger partial charge on any atom is 0.287 e. The number of amides is 1. The number of nitrogens with one attached hydrogen (secondary N) is 1. The van der Waals surface area contributed by atoms with E-state index in [4.69, 9.17) is 13.9 Å². The lowest BCUT2D eigenvalue weighted by atomic mass is 10.2. The predicted molar refractivity (Wildman–Crippen MR) is 128 cm³/mol. The summed E-state index contributed by atoms with van der Waals surface area (Å²) in [5.74, 6) is 1.39. The lowest BCUT2D eigenvalue weighted by Crippen LogP contribution is -2.38. The molecule has 1 aliphatic rings. The number of morpholine rings is 1. The van der Waals surface area contributed by atoms with Gasteiger partial charge in [0.15, 0.2) is 16.5 Å². The van der Waals surface area contributed by atoms with Gasteiger partial charge in [-0.1, -0.05) is 24.3 Å². The molecule has 33 heavy (non-hydrogen) atoms. The highest BCUT2D eigenvalue weighted by Gasteiger charge is 2.15. The Morgan fingerprint density at radius 2 is 1.97 bits per heavy atom. The van der Waals surface area contributed by atoms with Crippen molar-refractivity contribution in [1.29, 1.82) is 0 Å². The van der Waals surface area contributed by atoms with Crippen LogP contribution in [0, 0.1) is 0 Å². The number of ether oxygens (including phenoxy) is 2. The molecule has 0 bridgehead atoms. The molecule has 1 N–H and O–H groups in total. The SMILES string of the molecule is O=C(NCc1cccc(OCCN2CCOCC2)c1)c1ccc(-c2nc3ccccc3s2)o1. The average Bonchev–Trinajstić information content (AvgIpc) is 3.51. The normalized spacial score (nSPS) is 14.4. The molecule has 0 atom stereocenters. The van der Waals surface area contributed by atoms with Crippen LogP contribution in [0.2, 0.25) is 0 Å². The van der Waals surface area contributed by atoms with Crippen molar-refractivity contribution in [2.75, 3.05) is 39.5 Å². The number of para-hydroxylation sites is 1. The molecule has 0 saturated carbocycles. The quantitative estimate of drug-likeness (QED) is 0.422. The summed E-state index contributed by atoms with van der Waals surface area (Å²) in [6, 6.07) is 19.2. The monoisotopic (exact) mass is 463 g/mol. The number of fused-ring (bicyclic) bond motifs is 1. The standard InChI is InChI=1S/C25H25N3O4S/c29-24(21-8-9-22(32-21)25-27-20-6-1-2-7-23(20)33-25)26-17-18-4-3-5-19(16-18)31-15-12-28-10-13-30-14-11-28/h1-9,16H,10-15,17H2,(H,26,29). The Balaban J connectivity index is 1.14. The van der Waals surface area contributed by atoms with E-state index in [1.807, 2.05) is 48.5 Å². The first-order chi connectivity index (χ1) is 16.2. The largest absolute Gasteiger partial charge is 0.492 e. The summed E-state index contributed by atoms with van der Waals surface area (Å²) in [5.41, 5.74) is 1.89. The Labute approximate surface area is 195 Å². The Morgan fingerprint density at radius 1 is 1.09 bits per heavy atom. The van der Waals surface area contributed by atoms with Crippen molar-refractivity contribution in [2.24, 2.45) is 0 Å². The van der Waals surface area contributed by atoms with Gasteiger partial charge in [0.05, 0.1) is 23.4 Å². The number of nitrogens with zero attached hydrogens (tertiary/aromatic N) is 2. The first-order valence-corrected chi connectivity index (χ1v) is 11.8. The summed E-state index contributed by atoms with van der Waals surface area (Å²) in [7, 11) is 0. The second-order valence-corrected chi connectivity index (χ2v) is 8.81. The van der Waals surface area contributed by atoms with E-state index in [2.05, 4.69) is 15.2 Å². The van der Waals surface area contributed by atoms with E-state index in [0.717, 1.165) is 59.4 Å². The molecule has 170 valence electrons. The predicted octanol–water partition coefficient (Wildman–Crippen LogP) is 4.20. The van der Waals surface area contributed by atoms with E-state index >= 15 is 0 Å². The van der Waals surface area contributed by atoms with Gasteiger partial charge in [-0.3, -0.25) is 9.69 Å². The molecule has 0 radical (unpaired) electrons. The first-order valence-electron chi connectivity index (χ1n) is 11.0. The molecular formula is C25H25N3O4S. The maximum atomic E-state index is 12.6. The van der Waals surface area contributed by atoms with Crippen LogP contribution in [0.15, 0.2) is 65.1 Å². The highest BCUT2D eigenvalue weighted by atomic mass is 32.1. The van der Waals surface area contributed by atoms with E-state index in [9.17, 15) is 4.79 Å². The van der Waals surface area contributed by atoms with Crippen molar-refractivity contribution in [1.82, 2.24) is 15.2 Å². The van der Waals surface area contributed by atoms with Crippen LogP contribution < -0.4 is 10.1 Å². The van der Waals surface area contributed by atoms with Gasteiger partial charge in [0.25, 0.3) is 5.91 Å². The summed E-state index contributed by atoms with van der Waals surface area (Å²) in [6.07, 6.45) is 0. The summed E-state index contributed by atoms with van der Waals surface area (Å²) in [5, 5.41) is 3.68. The van der Waals surface area contributed by atoms with Crippen molar-refractivity contribution in [3.05, 3.63) is 72.0 Å². The van der Waals surface area contributed by atoms with Gasteiger partial charge < -0.3 is 19.2 Å². The van der Waals surface area contributed by atoms with Gasteiger partial charge in [0.1, 0.15) is 12.4 Å². The summed E-state index contributed by atoms with van der Waals surface area (Å²) >= 11 is 1.54. The fraction of sp³-hybridized carbons (Fsp3) is 0.280. The van der Waals surface area contributed by atoms with Crippen molar-refractivity contribution < 1.29 is 18.7 Å². The van der Waals surface area contributed by atoms with Crippen molar-refractivity contribution in [3.8, 4) is 16.5 Å².